The Balaban J connectivity index is 2.76. The summed E-state index contributed by atoms with van der Waals surface area (Å²) in [6.07, 6.45) is 0. The van der Waals surface area contributed by atoms with E-state index in [1.807, 2.05) is 12.1 Å². The maximum Gasteiger partial charge on any atom is 0.0451 e. The number of nitrogens with two attached hydrogens (primary N) is 1. The molecule has 0 saturated carbocycles. The molecule has 0 aliphatic carbocycles. The Bertz CT molecular complexity index is 333. The number of hydrogen-bond acceptors (Lipinski definition) is 2. The summed E-state index contributed by atoms with van der Waals surface area (Å²) in [6, 6.07) is 6.91. The Kier molecular flexibility index (Phi) is 3.58. The first kappa shape index (κ1) is 9.86. The normalized spacial score (nSPS) is 11.8. The summed E-state index contributed by atoms with van der Waals surface area (Å²) in [5, 5.41) is 4.02. The van der Waals surface area contributed by atoms with Gasteiger partial charge in [0.15, 0.2) is 0 Å². The summed E-state index contributed by atoms with van der Waals surface area (Å²) >= 11 is 5.76. The molecular formula is C8H9ClN4. The molecular weight excluding hydrogens is 188 g/mol. The molecule has 0 bridgehead atoms. The van der Waals surface area contributed by atoms with E-state index in [2.05, 4.69) is 10.0 Å². The van der Waals surface area contributed by atoms with Gasteiger partial charge in [0.25, 0.3) is 0 Å². The van der Waals surface area contributed by atoms with Gasteiger partial charge >= 0.3 is 0 Å². The van der Waals surface area contributed by atoms with E-state index in [9.17, 15) is 0 Å². The number of hydrogen-bond donors (Lipinski definition) is 1. The molecule has 0 saturated heterocycles. The number of benzene rings is 1. The van der Waals surface area contributed by atoms with E-state index < -0.39 is 0 Å². The van der Waals surface area contributed by atoms with Gasteiger partial charge in [-0.2, -0.15) is 0 Å². The maximum atomic E-state index is 8.09. The molecule has 4 nitrogen and oxygen atoms in total. The van der Waals surface area contributed by atoms with E-state index in [-0.39, 0.29) is 12.6 Å². The van der Waals surface area contributed by atoms with Crippen LogP contribution in [0, 0.1) is 0 Å². The van der Waals surface area contributed by atoms with Crippen molar-refractivity contribution in [2.24, 2.45) is 10.8 Å². The molecule has 5 heteroatoms. The molecule has 13 heavy (non-hydrogen) atoms. The molecule has 1 rings (SSSR count). The summed E-state index contributed by atoms with van der Waals surface area (Å²) < 4.78 is 0. The zero-order valence-corrected chi connectivity index (χ0v) is 7.65. The minimum atomic E-state index is -0.283. The largest absolute Gasteiger partial charge is 0.324 e. The smallest absolute Gasteiger partial charge is 0.0451 e. The van der Waals surface area contributed by atoms with Crippen molar-refractivity contribution in [2.45, 2.75) is 6.04 Å². The third-order valence-electron chi connectivity index (χ3n) is 1.62. The van der Waals surface area contributed by atoms with Crippen molar-refractivity contribution < 1.29 is 0 Å². The SMILES string of the molecule is [N-]=[N+]=NC[C@@H](N)c1cccc(Cl)c1. The van der Waals surface area contributed by atoms with Gasteiger partial charge in [0.1, 0.15) is 0 Å². The molecule has 0 unspecified atom stereocenters. The second kappa shape index (κ2) is 4.72. The molecule has 1 aromatic rings. The minimum absolute atomic E-state index is 0.247. The molecule has 0 amide bonds. The first-order chi connectivity index (χ1) is 6.24. The molecule has 0 fully saturated rings. The monoisotopic (exact) mass is 196 g/mol. The number of halogens is 1. The lowest BCUT2D eigenvalue weighted by Gasteiger charge is -2.08. The van der Waals surface area contributed by atoms with E-state index in [0.717, 1.165) is 5.56 Å². The third kappa shape index (κ3) is 2.95. The second-order valence-corrected chi connectivity index (χ2v) is 3.01. The van der Waals surface area contributed by atoms with E-state index >= 15 is 0 Å². The van der Waals surface area contributed by atoms with Crippen LogP contribution in [0.4, 0.5) is 0 Å². The fourth-order valence-corrected chi connectivity index (χ4v) is 1.17. The number of rotatable bonds is 3. The van der Waals surface area contributed by atoms with Gasteiger partial charge in [0, 0.05) is 22.5 Å². The van der Waals surface area contributed by atoms with Crippen LogP contribution in [0.2, 0.25) is 5.02 Å². The zero-order valence-electron chi connectivity index (χ0n) is 6.89. The molecule has 2 N–H and O–H groups in total. The van der Waals surface area contributed by atoms with Crippen LogP contribution in [0.15, 0.2) is 29.4 Å². The van der Waals surface area contributed by atoms with Crippen molar-refractivity contribution in [3.8, 4) is 0 Å². The van der Waals surface area contributed by atoms with Crippen molar-refractivity contribution in [2.75, 3.05) is 6.54 Å². The topological polar surface area (TPSA) is 74.8 Å². The van der Waals surface area contributed by atoms with Gasteiger partial charge in [-0.3, -0.25) is 0 Å². The van der Waals surface area contributed by atoms with Crippen LogP contribution < -0.4 is 5.73 Å². The Morgan fingerprint density at radius 1 is 1.62 bits per heavy atom. The van der Waals surface area contributed by atoms with Crippen LogP contribution in [0.1, 0.15) is 11.6 Å². The third-order valence-corrected chi connectivity index (χ3v) is 1.85. The van der Waals surface area contributed by atoms with Gasteiger partial charge in [-0.1, -0.05) is 28.8 Å². The predicted octanol–water partition coefficient (Wildman–Crippen LogP) is 2.65. The van der Waals surface area contributed by atoms with Crippen LogP contribution in [0.25, 0.3) is 10.4 Å². The van der Waals surface area contributed by atoms with Crippen LogP contribution in [-0.2, 0) is 0 Å². The van der Waals surface area contributed by atoms with Crippen molar-refractivity contribution in [1.29, 1.82) is 0 Å². The minimum Gasteiger partial charge on any atom is -0.324 e. The van der Waals surface area contributed by atoms with E-state index in [1.54, 1.807) is 12.1 Å². The summed E-state index contributed by atoms with van der Waals surface area (Å²) in [4.78, 5) is 2.64. The van der Waals surface area contributed by atoms with Crippen LogP contribution >= 0.6 is 11.6 Å². The summed E-state index contributed by atoms with van der Waals surface area (Å²) in [7, 11) is 0. The summed E-state index contributed by atoms with van der Waals surface area (Å²) in [5.74, 6) is 0. The lowest BCUT2D eigenvalue weighted by atomic mass is 10.1. The highest BCUT2D eigenvalue weighted by Gasteiger charge is 2.03. The molecule has 0 aromatic heterocycles. The van der Waals surface area contributed by atoms with Gasteiger partial charge in [-0.15, -0.1) is 0 Å². The standard InChI is InChI=1S/C8H9ClN4/c9-7-3-1-2-6(4-7)8(10)5-12-13-11/h1-4,8H,5,10H2/t8-/m1/s1. The Labute approximate surface area is 80.9 Å². The van der Waals surface area contributed by atoms with Gasteiger partial charge in [0.2, 0.25) is 0 Å². The summed E-state index contributed by atoms with van der Waals surface area (Å²) in [6.45, 7) is 0.247. The van der Waals surface area contributed by atoms with Crippen LogP contribution in [-0.4, -0.2) is 6.54 Å². The number of azide groups is 1. The van der Waals surface area contributed by atoms with E-state index in [4.69, 9.17) is 22.9 Å². The van der Waals surface area contributed by atoms with Gasteiger partial charge in [-0.25, -0.2) is 0 Å². The van der Waals surface area contributed by atoms with Gasteiger partial charge < -0.3 is 5.73 Å². The van der Waals surface area contributed by atoms with Gasteiger partial charge in [0.05, 0.1) is 0 Å². The molecule has 1 aromatic carbocycles. The highest BCUT2D eigenvalue weighted by molar-refractivity contribution is 6.30. The fourth-order valence-electron chi connectivity index (χ4n) is 0.967. The fraction of sp³-hybridized carbons (Fsp3) is 0.250. The lowest BCUT2D eigenvalue weighted by Crippen LogP contribution is -2.12. The average Bonchev–Trinajstić information content (AvgIpc) is 2.14. The van der Waals surface area contributed by atoms with Gasteiger partial charge in [-0.05, 0) is 23.2 Å². The van der Waals surface area contributed by atoms with Crippen molar-refractivity contribution in [3.63, 3.8) is 0 Å². The molecule has 0 spiro atoms. The second-order valence-electron chi connectivity index (χ2n) is 2.57. The van der Waals surface area contributed by atoms with E-state index in [0.29, 0.717) is 5.02 Å². The highest BCUT2D eigenvalue weighted by Crippen LogP contribution is 2.16. The molecule has 0 aliphatic rings. The molecule has 0 heterocycles. The van der Waals surface area contributed by atoms with E-state index in [1.165, 1.54) is 0 Å². The summed E-state index contributed by atoms with van der Waals surface area (Å²) in [5.41, 5.74) is 14.7. The van der Waals surface area contributed by atoms with Crippen LogP contribution in [0.5, 0.6) is 0 Å². The molecule has 0 radical (unpaired) electrons. The first-order valence-electron chi connectivity index (χ1n) is 3.76. The molecule has 0 aliphatic heterocycles. The predicted molar refractivity (Wildman–Crippen MR) is 52.4 cm³/mol. The van der Waals surface area contributed by atoms with Crippen LogP contribution in [0.3, 0.4) is 0 Å². The van der Waals surface area contributed by atoms with Crippen molar-refractivity contribution in [3.05, 3.63) is 45.3 Å². The van der Waals surface area contributed by atoms with Crippen molar-refractivity contribution in [1.82, 2.24) is 0 Å². The Morgan fingerprint density at radius 3 is 3.00 bits per heavy atom. The first-order valence-corrected chi connectivity index (χ1v) is 4.13. The highest BCUT2D eigenvalue weighted by atomic mass is 35.5. The molecule has 1 atom stereocenters. The van der Waals surface area contributed by atoms with Crippen molar-refractivity contribution >= 4 is 11.6 Å². The quantitative estimate of drug-likeness (QED) is 0.450. The lowest BCUT2D eigenvalue weighted by molar-refractivity contribution is 0.733. The zero-order chi connectivity index (χ0) is 9.68. The Hall–Kier alpha value is -1.22. The molecule has 68 valence electrons. The maximum absolute atomic E-state index is 8.09. The Morgan fingerprint density at radius 2 is 2.38 bits per heavy atom. The average molecular weight is 197 g/mol. The number of nitrogens with zero attached hydrogens (tertiary/aromatic N) is 3.